The van der Waals surface area contributed by atoms with Crippen molar-refractivity contribution in [2.75, 3.05) is 11.9 Å². The van der Waals surface area contributed by atoms with Crippen molar-refractivity contribution in [3.05, 3.63) is 47.7 Å². The Bertz CT molecular complexity index is 659. The monoisotopic (exact) mass is 316 g/mol. The maximum Gasteiger partial charge on any atom is 0.320 e. The number of nitrogens with one attached hydrogen (secondary N) is 2. The lowest BCUT2D eigenvalue weighted by molar-refractivity contribution is 0.225. The van der Waals surface area contributed by atoms with Crippen LogP contribution in [-0.2, 0) is 5.54 Å². The molecule has 0 saturated heterocycles. The normalized spacial score (nSPS) is 12.7. The van der Waals surface area contributed by atoms with Crippen LogP contribution in [0.15, 0.2) is 36.4 Å². The summed E-state index contributed by atoms with van der Waals surface area (Å²) in [4.78, 5) is 12.3. The molecule has 0 aliphatic heterocycles. The molecule has 1 atom stereocenters. The van der Waals surface area contributed by atoms with Gasteiger partial charge in [0.2, 0.25) is 0 Å². The van der Waals surface area contributed by atoms with Gasteiger partial charge in [-0.15, -0.1) is 0 Å². The Balaban J connectivity index is 2.11. The van der Waals surface area contributed by atoms with Crippen molar-refractivity contribution >= 4 is 11.8 Å². The molecule has 6 heteroatoms. The summed E-state index contributed by atoms with van der Waals surface area (Å²) in [6, 6.07) is 10.4. The van der Waals surface area contributed by atoms with E-state index in [4.69, 9.17) is 0 Å². The predicted molar refractivity (Wildman–Crippen MR) is 90.4 cm³/mol. The first-order valence-corrected chi connectivity index (χ1v) is 7.61. The van der Waals surface area contributed by atoms with Gasteiger partial charge in [0.15, 0.2) is 0 Å². The second kappa shape index (κ2) is 6.83. The maximum absolute atomic E-state index is 12.3. The molecular weight excluding hydrogens is 292 g/mol. The summed E-state index contributed by atoms with van der Waals surface area (Å²) in [5, 5.41) is 19.5. The minimum absolute atomic E-state index is 0.172. The summed E-state index contributed by atoms with van der Waals surface area (Å²) in [6.45, 7) is 7.76. The molecule has 0 unspecified atom stereocenters. The number of hydrogen-bond donors (Lipinski definition) is 3. The summed E-state index contributed by atoms with van der Waals surface area (Å²) in [5.74, 6) is 0.622. The highest BCUT2D eigenvalue weighted by Gasteiger charge is 2.21. The Labute approximate surface area is 136 Å². The molecule has 1 aromatic heterocycles. The van der Waals surface area contributed by atoms with Crippen LogP contribution < -0.4 is 10.6 Å². The van der Waals surface area contributed by atoms with E-state index in [1.165, 1.54) is 0 Å². The summed E-state index contributed by atoms with van der Waals surface area (Å²) < 4.78 is 1.78. The van der Waals surface area contributed by atoms with Crippen LogP contribution in [0.1, 0.15) is 38.1 Å². The zero-order chi connectivity index (χ0) is 17.0. The average molecular weight is 316 g/mol. The lowest BCUT2D eigenvalue weighted by atomic mass is 10.1. The fraction of sp³-hybridized carbons (Fsp3) is 0.412. The van der Waals surface area contributed by atoms with E-state index in [2.05, 4.69) is 15.7 Å². The summed E-state index contributed by atoms with van der Waals surface area (Å²) in [6.07, 6.45) is 0. The maximum atomic E-state index is 12.3. The van der Waals surface area contributed by atoms with Gasteiger partial charge < -0.3 is 10.4 Å². The number of carbonyl (C=O) groups excluding carboxylic acids is 1. The van der Waals surface area contributed by atoms with Crippen LogP contribution in [0.2, 0.25) is 0 Å². The highest BCUT2D eigenvalue weighted by atomic mass is 16.3. The van der Waals surface area contributed by atoms with Crippen molar-refractivity contribution in [2.45, 2.75) is 39.3 Å². The third-order valence-corrected chi connectivity index (χ3v) is 3.40. The van der Waals surface area contributed by atoms with E-state index >= 15 is 0 Å². The molecule has 6 nitrogen and oxygen atoms in total. The van der Waals surface area contributed by atoms with E-state index in [-0.39, 0.29) is 18.2 Å². The smallest absolute Gasteiger partial charge is 0.320 e. The van der Waals surface area contributed by atoms with Crippen LogP contribution in [0.25, 0.3) is 0 Å². The van der Waals surface area contributed by atoms with Crippen molar-refractivity contribution in [3.63, 3.8) is 0 Å². The van der Waals surface area contributed by atoms with Gasteiger partial charge in [-0.05, 0) is 33.3 Å². The number of aryl methyl sites for hydroxylation is 1. The van der Waals surface area contributed by atoms with Crippen molar-refractivity contribution < 1.29 is 9.90 Å². The molecule has 2 amide bonds. The fourth-order valence-electron chi connectivity index (χ4n) is 2.33. The van der Waals surface area contributed by atoms with Crippen molar-refractivity contribution in [2.24, 2.45) is 0 Å². The fourth-order valence-corrected chi connectivity index (χ4v) is 2.33. The molecule has 0 spiro atoms. The summed E-state index contributed by atoms with van der Waals surface area (Å²) in [5.41, 5.74) is 1.44. The Kier molecular flexibility index (Phi) is 5.05. The van der Waals surface area contributed by atoms with Gasteiger partial charge >= 0.3 is 6.03 Å². The highest BCUT2D eigenvalue weighted by molar-refractivity contribution is 5.88. The minimum atomic E-state index is -0.455. The van der Waals surface area contributed by atoms with Crippen LogP contribution in [0.3, 0.4) is 0 Å². The zero-order valence-corrected chi connectivity index (χ0v) is 14.0. The molecule has 3 N–H and O–H groups in total. The molecular formula is C17H24N4O2. The quantitative estimate of drug-likeness (QED) is 0.811. The summed E-state index contributed by atoms with van der Waals surface area (Å²) >= 11 is 0. The van der Waals surface area contributed by atoms with Crippen LogP contribution in [0, 0.1) is 6.92 Å². The average Bonchev–Trinajstić information content (AvgIpc) is 2.86. The SMILES string of the molecule is Cc1cc(NC(=O)N[C@@H](CO)c2ccccc2)n(C(C)(C)C)n1. The molecule has 124 valence electrons. The van der Waals surface area contributed by atoms with Crippen LogP contribution >= 0.6 is 0 Å². The van der Waals surface area contributed by atoms with Crippen LogP contribution in [0.5, 0.6) is 0 Å². The number of benzene rings is 1. The first-order valence-electron chi connectivity index (χ1n) is 7.61. The summed E-state index contributed by atoms with van der Waals surface area (Å²) in [7, 11) is 0. The molecule has 0 aliphatic carbocycles. The highest BCUT2D eigenvalue weighted by Crippen LogP contribution is 2.21. The Hall–Kier alpha value is -2.34. The molecule has 2 aromatic rings. The topological polar surface area (TPSA) is 79.2 Å². The van der Waals surface area contributed by atoms with Gasteiger partial charge in [-0.1, -0.05) is 30.3 Å². The zero-order valence-electron chi connectivity index (χ0n) is 14.0. The minimum Gasteiger partial charge on any atom is -0.394 e. The number of aliphatic hydroxyl groups is 1. The van der Waals surface area contributed by atoms with Gasteiger partial charge in [0.25, 0.3) is 0 Å². The van der Waals surface area contributed by atoms with E-state index in [9.17, 15) is 9.90 Å². The Morgan fingerprint density at radius 2 is 1.96 bits per heavy atom. The number of rotatable bonds is 4. The molecule has 0 radical (unpaired) electrons. The molecule has 0 bridgehead atoms. The second-order valence-electron chi connectivity index (χ2n) is 6.50. The molecule has 1 aromatic carbocycles. The van der Waals surface area contributed by atoms with Crippen molar-refractivity contribution in [1.82, 2.24) is 15.1 Å². The van der Waals surface area contributed by atoms with Crippen molar-refractivity contribution in [1.29, 1.82) is 0 Å². The van der Waals surface area contributed by atoms with Gasteiger partial charge in [0, 0.05) is 6.07 Å². The van der Waals surface area contributed by atoms with Crippen LogP contribution in [-0.4, -0.2) is 27.5 Å². The number of amides is 2. The lowest BCUT2D eigenvalue weighted by Crippen LogP contribution is -2.36. The van der Waals surface area contributed by atoms with Crippen LogP contribution in [0.4, 0.5) is 10.6 Å². The lowest BCUT2D eigenvalue weighted by Gasteiger charge is -2.23. The second-order valence-corrected chi connectivity index (χ2v) is 6.50. The van der Waals surface area contributed by atoms with E-state index in [0.717, 1.165) is 11.3 Å². The molecule has 1 heterocycles. The number of urea groups is 1. The molecule has 2 rings (SSSR count). The van der Waals surface area contributed by atoms with E-state index in [1.54, 1.807) is 4.68 Å². The van der Waals surface area contributed by atoms with Gasteiger partial charge in [-0.3, -0.25) is 5.32 Å². The third-order valence-electron chi connectivity index (χ3n) is 3.40. The van der Waals surface area contributed by atoms with E-state index < -0.39 is 6.04 Å². The number of carbonyl (C=O) groups is 1. The molecule has 0 saturated carbocycles. The van der Waals surface area contributed by atoms with Gasteiger partial charge in [0.05, 0.1) is 23.9 Å². The van der Waals surface area contributed by atoms with Gasteiger partial charge in [0.1, 0.15) is 5.82 Å². The number of aromatic nitrogens is 2. The predicted octanol–water partition coefficient (Wildman–Crippen LogP) is 2.80. The number of nitrogens with zero attached hydrogens (tertiary/aromatic N) is 2. The number of anilines is 1. The molecule has 0 fully saturated rings. The van der Waals surface area contributed by atoms with E-state index in [0.29, 0.717) is 5.82 Å². The largest absolute Gasteiger partial charge is 0.394 e. The molecule has 0 aliphatic rings. The number of hydrogen-bond acceptors (Lipinski definition) is 3. The van der Waals surface area contributed by atoms with Gasteiger partial charge in [-0.2, -0.15) is 5.10 Å². The van der Waals surface area contributed by atoms with Crippen molar-refractivity contribution in [3.8, 4) is 0 Å². The number of aliphatic hydroxyl groups excluding tert-OH is 1. The standard InChI is InChI=1S/C17H24N4O2/c1-12-10-15(21(20-12)17(2,3)4)19-16(23)18-14(11-22)13-8-6-5-7-9-13/h5-10,14,22H,11H2,1-4H3,(H2,18,19,23)/t14-/m0/s1. The first kappa shape index (κ1) is 17.0. The Morgan fingerprint density at radius 1 is 1.30 bits per heavy atom. The van der Waals surface area contributed by atoms with Gasteiger partial charge in [-0.25, -0.2) is 9.48 Å². The first-order chi connectivity index (χ1) is 10.8. The van der Waals surface area contributed by atoms with E-state index in [1.807, 2.05) is 64.1 Å². The Morgan fingerprint density at radius 3 is 2.52 bits per heavy atom. The third kappa shape index (κ3) is 4.32. The molecule has 23 heavy (non-hydrogen) atoms.